The lowest BCUT2D eigenvalue weighted by Crippen LogP contribution is -1.98. The average molecular weight is 621 g/mol. The Bertz CT molecular complexity index is 3020. The van der Waals surface area contributed by atoms with Crippen LogP contribution in [0.5, 0.6) is 11.5 Å². The Kier molecular flexibility index (Phi) is 5.45. The molecule has 1 nitrogen and oxygen atoms in total. The summed E-state index contributed by atoms with van der Waals surface area (Å²) in [5, 5.41) is 15.1. The summed E-state index contributed by atoms with van der Waals surface area (Å²) in [7, 11) is 0. The molecule has 10 aromatic rings. The highest BCUT2D eigenvalue weighted by atomic mass is 16.5. The van der Waals surface area contributed by atoms with Crippen LogP contribution in [0.4, 0.5) is 0 Å². The molecule has 0 amide bonds. The van der Waals surface area contributed by atoms with E-state index in [4.69, 9.17) is 4.74 Å². The van der Waals surface area contributed by atoms with Crippen molar-refractivity contribution in [2.75, 3.05) is 0 Å². The summed E-state index contributed by atoms with van der Waals surface area (Å²) in [5.74, 6) is 1.83. The highest BCUT2D eigenvalue weighted by molar-refractivity contribution is 6.18. The normalized spacial score (nSPS) is 12.2. The lowest BCUT2D eigenvalue weighted by molar-refractivity contribution is 0.488. The molecule has 1 aliphatic rings. The molecule has 0 saturated heterocycles. The zero-order chi connectivity index (χ0) is 32.1. The molecular weight excluding hydrogens is 593 g/mol. The maximum Gasteiger partial charge on any atom is 0.136 e. The van der Waals surface area contributed by atoms with E-state index in [9.17, 15) is 0 Å². The summed E-state index contributed by atoms with van der Waals surface area (Å²) in [6, 6.07) is 62.2. The SMILES string of the molecule is c1ccc2c(c1)cc1c3c(cccc32)-c2cc(-c3ccc4cc(-c5ccc6ccc7c8ccccc8ccc7c6c5)ccc4c3)ccc2O1. The monoisotopic (exact) mass is 620 g/mol. The van der Waals surface area contributed by atoms with Gasteiger partial charge in [-0.3, -0.25) is 0 Å². The molecule has 0 spiro atoms. The molecule has 0 aromatic heterocycles. The summed E-state index contributed by atoms with van der Waals surface area (Å²) in [4.78, 5) is 0. The summed E-state index contributed by atoms with van der Waals surface area (Å²) in [6.45, 7) is 0. The van der Waals surface area contributed by atoms with Crippen LogP contribution in [-0.4, -0.2) is 0 Å². The van der Waals surface area contributed by atoms with Gasteiger partial charge in [0.1, 0.15) is 11.5 Å². The number of hydrogen-bond acceptors (Lipinski definition) is 1. The molecule has 226 valence electrons. The summed E-state index contributed by atoms with van der Waals surface area (Å²) >= 11 is 0. The molecule has 1 heteroatoms. The predicted octanol–water partition coefficient (Wildman–Crippen LogP) is 13.7. The van der Waals surface area contributed by atoms with Gasteiger partial charge in [-0.2, -0.15) is 0 Å². The zero-order valence-electron chi connectivity index (χ0n) is 26.6. The van der Waals surface area contributed by atoms with Crippen molar-refractivity contribution in [2.45, 2.75) is 0 Å². The van der Waals surface area contributed by atoms with E-state index in [1.54, 1.807) is 0 Å². The van der Waals surface area contributed by atoms with Crippen molar-refractivity contribution < 1.29 is 4.74 Å². The van der Waals surface area contributed by atoms with E-state index in [-0.39, 0.29) is 0 Å². The van der Waals surface area contributed by atoms with Gasteiger partial charge in [-0.25, -0.2) is 0 Å². The number of fused-ring (bicyclic) bond motifs is 10. The van der Waals surface area contributed by atoms with Crippen LogP contribution in [0, 0.1) is 0 Å². The first-order valence-corrected chi connectivity index (χ1v) is 16.9. The lowest BCUT2D eigenvalue weighted by Gasteiger charge is -2.23. The van der Waals surface area contributed by atoms with E-state index in [2.05, 4.69) is 170 Å². The fraction of sp³-hybridized carbons (Fsp3) is 0. The van der Waals surface area contributed by atoms with Crippen LogP contribution in [0.3, 0.4) is 0 Å². The van der Waals surface area contributed by atoms with E-state index in [1.165, 1.54) is 92.5 Å². The van der Waals surface area contributed by atoms with Gasteiger partial charge in [-0.15, -0.1) is 0 Å². The topological polar surface area (TPSA) is 9.23 Å². The first-order valence-electron chi connectivity index (χ1n) is 16.9. The van der Waals surface area contributed by atoms with E-state index in [0.717, 1.165) is 17.1 Å². The van der Waals surface area contributed by atoms with Crippen molar-refractivity contribution >= 4 is 64.6 Å². The maximum absolute atomic E-state index is 6.54. The third kappa shape index (κ3) is 4.00. The predicted molar refractivity (Wildman–Crippen MR) is 208 cm³/mol. The van der Waals surface area contributed by atoms with Gasteiger partial charge in [0.15, 0.2) is 0 Å². The third-order valence-electron chi connectivity index (χ3n) is 10.6. The standard InChI is InChI=1S/C48H28O/c1-3-8-38-29(6-1)18-22-41-40(38)21-19-30-12-13-35(26-44(30)41)33-16-14-32-25-34(17-15-31(32)24-33)36-20-23-46-45(27-36)43-11-5-10-42-39-9-4-2-7-37(39)28-47(49-46)48(42)43/h1-28H. The minimum Gasteiger partial charge on any atom is -0.456 e. The van der Waals surface area contributed by atoms with Crippen molar-refractivity contribution in [1.82, 2.24) is 0 Å². The smallest absolute Gasteiger partial charge is 0.136 e. The molecule has 10 aromatic carbocycles. The van der Waals surface area contributed by atoms with Gasteiger partial charge in [0.25, 0.3) is 0 Å². The Labute approximate surface area is 283 Å². The van der Waals surface area contributed by atoms with Crippen LogP contribution in [0.25, 0.3) is 98.0 Å². The Morgan fingerprint density at radius 1 is 0.265 bits per heavy atom. The minimum atomic E-state index is 0.904. The quantitative estimate of drug-likeness (QED) is 0.175. The molecule has 0 unspecified atom stereocenters. The molecule has 0 N–H and O–H groups in total. The van der Waals surface area contributed by atoms with Gasteiger partial charge in [-0.05, 0) is 123 Å². The van der Waals surface area contributed by atoms with Crippen LogP contribution in [0.1, 0.15) is 0 Å². The van der Waals surface area contributed by atoms with Crippen LogP contribution >= 0.6 is 0 Å². The largest absolute Gasteiger partial charge is 0.456 e. The van der Waals surface area contributed by atoms with Gasteiger partial charge in [-0.1, -0.05) is 133 Å². The van der Waals surface area contributed by atoms with E-state index >= 15 is 0 Å². The molecule has 1 heterocycles. The van der Waals surface area contributed by atoms with Crippen molar-refractivity contribution in [3.05, 3.63) is 170 Å². The van der Waals surface area contributed by atoms with Crippen LogP contribution in [-0.2, 0) is 0 Å². The number of hydrogen-bond donors (Lipinski definition) is 0. The van der Waals surface area contributed by atoms with Gasteiger partial charge in [0.05, 0.1) is 0 Å². The molecule has 0 bridgehead atoms. The Morgan fingerprint density at radius 2 is 0.816 bits per heavy atom. The summed E-state index contributed by atoms with van der Waals surface area (Å²) in [6.07, 6.45) is 0. The molecule has 0 aliphatic carbocycles. The number of rotatable bonds is 2. The summed E-state index contributed by atoms with van der Waals surface area (Å²) in [5.41, 5.74) is 7.20. The molecule has 0 radical (unpaired) electrons. The van der Waals surface area contributed by atoms with Gasteiger partial charge < -0.3 is 4.74 Å². The lowest BCUT2D eigenvalue weighted by atomic mass is 9.90. The molecule has 49 heavy (non-hydrogen) atoms. The second kappa shape index (κ2) is 10.0. The minimum absolute atomic E-state index is 0.904. The second-order valence-electron chi connectivity index (χ2n) is 13.3. The van der Waals surface area contributed by atoms with Crippen molar-refractivity contribution in [1.29, 1.82) is 0 Å². The molecule has 11 rings (SSSR count). The van der Waals surface area contributed by atoms with Gasteiger partial charge in [0.2, 0.25) is 0 Å². The second-order valence-corrected chi connectivity index (χ2v) is 13.3. The Hall–Kier alpha value is -6.44. The molecular formula is C48H28O. The van der Waals surface area contributed by atoms with E-state index < -0.39 is 0 Å². The highest BCUT2D eigenvalue weighted by Crippen LogP contribution is 2.49. The van der Waals surface area contributed by atoms with Crippen LogP contribution in [0.15, 0.2) is 170 Å². The fourth-order valence-corrected chi connectivity index (χ4v) is 8.16. The Balaban J connectivity index is 0.986. The fourth-order valence-electron chi connectivity index (χ4n) is 8.16. The van der Waals surface area contributed by atoms with Crippen molar-refractivity contribution in [2.24, 2.45) is 0 Å². The molecule has 0 atom stereocenters. The first kappa shape index (κ1) is 26.6. The van der Waals surface area contributed by atoms with Gasteiger partial charge >= 0.3 is 0 Å². The van der Waals surface area contributed by atoms with Crippen molar-refractivity contribution in [3.8, 4) is 44.9 Å². The molecule has 0 saturated carbocycles. The molecule has 0 fully saturated rings. The van der Waals surface area contributed by atoms with E-state index in [0.29, 0.717) is 0 Å². The first-order chi connectivity index (χ1) is 24.2. The Morgan fingerprint density at radius 3 is 1.59 bits per heavy atom. The zero-order valence-corrected chi connectivity index (χ0v) is 26.6. The maximum atomic E-state index is 6.54. The van der Waals surface area contributed by atoms with Gasteiger partial charge in [0, 0.05) is 10.9 Å². The van der Waals surface area contributed by atoms with Crippen LogP contribution in [0.2, 0.25) is 0 Å². The van der Waals surface area contributed by atoms with Crippen molar-refractivity contribution in [3.63, 3.8) is 0 Å². The number of benzene rings is 10. The highest BCUT2D eigenvalue weighted by Gasteiger charge is 2.22. The van der Waals surface area contributed by atoms with Crippen LogP contribution < -0.4 is 4.74 Å². The number of ether oxygens (including phenoxy) is 1. The molecule has 1 aliphatic heterocycles. The average Bonchev–Trinajstić information content (AvgIpc) is 3.17. The third-order valence-corrected chi connectivity index (χ3v) is 10.6. The van der Waals surface area contributed by atoms with E-state index in [1.807, 2.05) is 0 Å². The summed E-state index contributed by atoms with van der Waals surface area (Å²) < 4.78 is 6.54.